The summed E-state index contributed by atoms with van der Waals surface area (Å²) in [5, 5.41) is 9.08. The molecule has 0 aromatic heterocycles. The predicted octanol–water partition coefficient (Wildman–Crippen LogP) is 0.801. The van der Waals surface area contributed by atoms with Gasteiger partial charge in [0.2, 0.25) is 5.91 Å². The molecule has 2 atom stereocenters. The number of carboxylic acid groups (broad SMARTS) is 1. The number of hydrogen-bond donors (Lipinski definition) is 2. The van der Waals surface area contributed by atoms with Gasteiger partial charge in [0.05, 0.1) is 0 Å². The van der Waals surface area contributed by atoms with Gasteiger partial charge in [0.25, 0.3) is 0 Å². The summed E-state index contributed by atoms with van der Waals surface area (Å²) in [5.41, 5.74) is 6.01. The summed E-state index contributed by atoms with van der Waals surface area (Å²) < 4.78 is 12.8. The molecule has 1 amide bonds. The van der Waals surface area contributed by atoms with E-state index in [4.69, 9.17) is 10.8 Å². The van der Waals surface area contributed by atoms with Gasteiger partial charge in [0.15, 0.2) is 5.78 Å². The van der Waals surface area contributed by atoms with Crippen LogP contribution in [0.1, 0.15) is 29.6 Å². The zero-order chi connectivity index (χ0) is 16.3. The van der Waals surface area contributed by atoms with E-state index in [0.717, 1.165) is 0 Å². The fraction of sp³-hybridized carbons (Fsp3) is 0.400. The summed E-state index contributed by atoms with van der Waals surface area (Å²) in [6, 6.07) is 3.77. The number of rotatable bonds is 5. The van der Waals surface area contributed by atoms with Crippen LogP contribution in [0.25, 0.3) is 0 Å². The molecule has 1 aliphatic heterocycles. The number of hydrogen-bond acceptors (Lipinski definition) is 4. The molecule has 1 aliphatic rings. The highest BCUT2D eigenvalue weighted by Crippen LogP contribution is 2.19. The third kappa shape index (κ3) is 3.67. The van der Waals surface area contributed by atoms with Crippen LogP contribution >= 0.6 is 0 Å². The first-order valence-electron chi connectivity index (χ1n) is 6.95. The van der Waals surface area contributed by atoms with Crippen LogP contribution in [-0.2, 0) is 9.59 Å². The van der Waals surface area contributed by atoms with Crippen LogP contribution in [-0.4, -0.2) is 46.3 Å². The summed E-state index contributed by atoms with van der Waals surface area (Å²) in [4.78, 5) is 36.3. The number of ketones is 1. The molecule has 7 heteroatoms. The fourth-order valence-electron chi connectivity index (χ4n) is 2.52. The Hall–Kier alpha value is -2.28. The molecule has 3 N–H and O–H groups in total. The van der Waals surface area contributed by atoms with Crippen LogP contribution in [0.4, 0.5) is 4.39 Å². The number of likely N-dealkylation sites (tertiary alicyclic amines) is 1. The normalized spacial score (nSPS) is 20.9. The van der Waals surface area contributed by atoms with E-state index in [9.17, 15) is 18.8 Å². The molecule has 0 spiro atoms. The number of nitrogens with zero attached hydrogens (tertiary/aromatic N) is 1. The van der Waals surface area contributed by atoms with Crippen molar-refractivity contribution in [1.82, 2.24) is 4.90 Å². The number of carbonyl (C=O) groups excluding carboxylic acids is 2. The van der Waals surface area contributed by atoms with Gasteiger partial charge in [-0.1, -0.05) is 0 Å². The lowest BCUT2D eigenvalue weighted by molar-refractivity contribution is -0.148. The molecule has 0 saturated carbocycles. The van der Waals surface area contributed by atoms with Crippen LogP contribution in [0.3, 0.4) is 0 Å². The maximum Gasteiger partial charge on any atom is 0.326 e. The van der Waals surface area contributed by atoms with E-state index < -0.39 is 23.7 Å². The first-order chi connectivity index (χ1) is 10.4. The van der Waals surface area contributed by atoms with Crippen molar-refractivity contribution < 1.29 is 23.9 Å². The Balaban J connectivity index is 1.93. The SMILES string of the molecule is N[C@H]1C[C@@H](C(=O)O)N(C(=O)CCC(=O)c2ccc(F)cc2)C1. The topological polar surface area (TPSA) is 101 Å². The van der Waals surface area contributed by atoms with E-state index in [2.05, 4.69) is 0 Å². The zero-order valence-electron chi connectivity index (χ0n) is 11.9. The molecule has 22 heavy (non-hydrogen) atoms. The van der Waals surface area contributed by atoms with Gasteiger partial charge < -0.3 is 15.7 Å². The molecule has 0 bridgehead atoms. The van der Waals surface area contributed by atoms with Crippen LogP contribution < -0.4 is 5.73 Å². The first-order valence-corrected chi connectivity index (χ1v) is 6.95. The smallest absolute Gasteiger partial charge is 0.326 e. The molecule has 1 aromatic rings. The number of Topliss-reactive ketones (excluding diaryl/α,β-unsaturated/α-hetero) is 1. The van der Waals surface area contributed by atoms with Gasteiger partial charge in [-0.05, 0) is 30.7 Å². The Labute approximate surface area is 126 Å². The monoisotopic (exact) mass is 308 g/mol. The maximum absolute atomic E-state index is 12.8. The number of benzene rings is 1. The summed E-state index contributed by atoms with van der Waals surface area (Å²) in [6.07, 6.45) is 0.0717. The van der Waals surface area contributed by atoms with Crippen molar-refractivity contribution in [2.24, 2.45) is 5.73 Å². The number of amides is 1. The van der Waals surface area contributed by atoms with E-state index in [0.29, 0.717) is 5.56 Å². The Morgan fingerprint density at radius 2 is 1.86 bits per heavy atom. The standard InChI is InChI=1S/C15H17FN2O4/c16-10-3-1-9(2-4-10)13(19)5-6-14(20)18-8-11(17)7-12(18)15(21)22/h1-4,11-12H,5-8,17H2,(H,21,22)/t11-,12-/m0/s1. The fourth-order valence-corrected chi connectivity index (χ4v) is 2.52. The van der Waals surface area contributed by atoms with Crippen molar-refractivity contribution >= 4 is 17.7 Å². The molecule has 118 valence electrons. The number of carboxylic acids is 1. The third-order valence-electron chi connectivity index (χ3n) is 3.67. The molecule has 1 aromatic carbocycles. The van der Waals surface area contributed by atoms with Crippen molar-refractivity contribution in [2.75, 3.05) is 6.54 Å². The lowest BCUT2D eigenvalue weighted by atomic mass is 10.1. The molecule has 1 saturated heterocycles. The van der Waals surface area contributed by atoms with Gasteiger partial charge >= 0.3 is 5.97 Å². The van der Waals surface area contributed by atoms with E-state index in [1.807, 2.05) is 0 Å². The maximum atomic E-state index is 12.8. The van der Waals surface area contributed by atoms with Crippen molar-refractivity contribution in [3.63, 3.8) is 0 Å². The van der Waals surface area contributed by atoms with Gasteiger partial charge in [-0.15, -0.1) is 0 Å². The Morgan fingerprint density at radius 1 is 1.23 bits per heavy atom. The first kappa shape index (κ1) is 16.1. The van der Waals surface area contributed by atoms with Gasteiger partial charge in [-0.3, -0.25) is 9.59 Å². The highest BCUT2D eigenvalue weighted by molar-refractivity contribution is 5.98. The van der Waals surface area contributed by atoms with E-state index in [1.165, 1.54) is 29.2 Å². The summed E-state index contributed by atoms with van der Waals surface area (Å²) in [7, 11) is 0. The lowest BCUT2D eigenvalue weighted by Gasteiger charge is -2.21. The predicted molar refractivity (Wildman–Crippen MR) is 75.7 cm³/mol. The average molecular weight is 308 g/mol. The second kappa shape index (κ2) is 6.65. The van der Waals surface area contributed by atoms with Gasteiger partial charge in [0, 0.05) is 31.0 Å². The Morgan fingerprint density at radius 3 is 2.45 bits per heavy atom. The van der Waals surface area contributed by atoms with Gasteiger partial charge in [-0.2, -0.15) is 0 Å². The summed E-state index contributed by atoms with van der Waals surface area (Å²) >= 11 is 0. The Kier molecular flexibility index (Phi) is 4.87. The van der Waals surface area contributed by atoms with Gasteiger partial charge in [-0.25, -0.2) is 9.18 Å². The molecule has 1 heterocycles. The third-order valence-corrected chi connectivity index (χ3v) is 3.67. The van der Waals surface area contributed by atoms with Crippen molar-refractivity contribution in [3.05, 3.63) is 35.6 Å². The van der Waals surface area contributed by atoms with E-state index >= 15 is 0 Å². The zero-order valence-corrected chi connectivity index (χ0v) is 11.9. The van der Waals surface area contributed by atoms with Crippen LogP contribution in [0, 0.1) is 5.82 Å². The Bertz CT molecular complexity index is 588. The molecule has 0 unspecified atom stereocenters. The number of carbonyl (C=O) groups is 3. The quantitative estimate of drug-likeness (QED) is 0.784. The van der Waals surface area contributed by atoms with Crippen LogP contribution in [0.15, 0.2) is 24.3 Å². The molecule has 0 aliphatic carbocycles. The summed E-state index contributed by atoms with van der Waals surface area (Å²) in [5.74, 6) is -2.23. The minimum atomic E-state index is -1.09. The largest absolute Gasteiger partial charge is 0.480 e. The van der Waals surface area contributed by atoms with Crippen LogP contribution in [0.5, 0.6) is 0 Å². The lowest BCUT2D eigenvalue weighted by Crippen LogP contribution is -2.40. The summed E-state index contributed by atoms with van der Waals surface area (Å²) in [6.45, 7) is 0.181. The molecule has 1 fully saturated rings. The van der Waals surface area contributed by atoms with Crippen molar-refractivity contribution in [1.29, 1.82) is 0 Å². The van der Waals surface area contributed by atoms with E-state index in [-0.39, 0.29) is 37.6 Å². The molecule has 6 nitrogen and oxygen atoms in total. The highest BCUT2D eigenvalue weighted by atomic mass is 19.1. The second-order valence-electron chi connectivity index (χ2n) is 5.33. The average Bonchev–Trinajstić information content (AvgIpc) is 2.87. The van der Waals surface area contributed by atoms with Crippen molar-refractivity contribution in [2.45, 2.75) is 31.3 Å². The number of nitrogens with two attached hydrogens (primary N) is 1. The second-order valence-corrected chi connectivity index (χ2v) is 5.33. The molecule has 2 rings (SSSR count). The molecular formula is C15H17FN2O4. The minimum absolute atomic E-state index is 0.0530. The van der Waals surface area contributed by atoms with Crippen molar-refractivity contribution in [3.8, 4) is 0 Å². The molecule has 0 radical (unpaired) electrons. The highest BCUT2D eigenvalue weighted by Gasteiger charge is 2.37. The van der Waals surface area contributed by atoms with Gasteiger partial charge in [0.1, 0.15) is 11.9 Å². The van der Waals surface area contributed by atoms with E-state index in [1.54, 1.807) is 0 Å². The van der Waals surface area contributed by atoms with Crippen LogP contribution in [0.2, 0.25) is 0 Å². The minimum Gasteiger partial charge on any atom is -0.480 e. The molecular weight excluding hydrogens is 291 g/mol. The number of halogens is 1. The number of aliphatic carboxylic acids is 1.